The van der Waals surface area contributed by atoms with E-state index < -0.39 is 12.0 Å². The van der Waals surface area contributed by atoms with E-state index in [4.69, 9.17) is 0 Å². The number of carboxylic acids is 1. The first kappa shape index (κ1) is 15.4. The van der Waals surface area contributed by atoms with E-state index in [1.807, 2.05) is 61.3 Å². The van der Waals surface area contributed by atoms with Crippen molar-refractivity contribution in [2.45, 2.75) is 29.2 Å². The van der Waals surface area contributed by atoms with Gasteiger partial charge in [-0.15, -0.1) is 0 Å². The van der Waals surface area contributed by atoms with E-state index >= 15 is 0 Å². The van der Waals surface area contributed by atoms with Crippen LogP contribution in [0.4, 0.5) is 5.69 Å². The van der Waals surface area contributed by atoms with Crippen LogP contribution in [0.25, 0.3) is 0 Å². The Balaban J connectivity index is 2.30. The summed E-state index contributed by atoms with van der Waals surface area (Å²) in [4.78, 5) is 15.4. The van der Waals surface area contributed by atoms with Gasteiger partial charge in [0.2, 0.25) is 0 Å². The zero-order valence-corrected chi connectivity index (χ0v) is 13.0. The molecule has 0 spiro atoms. The average Bonchev–Trinajstić information content (AvgIpc) is 2.49. The second-order valence-electron chi connectivity index (χ2n) is 4.76. The van der Waals surface area contributed by atoms with Crippen LogP contribution in [-0.2, 0) is 4.79 Å². The number of hydrogen-bond donors (Lipinski definition) is 1. The van der Waals surface area contributed by atoms with Crippen LogP contribution < -0.4 is 4.90 Å². The highest BCUT2D eigenvalue weighted by atomic mass is 32.2. The van der Waals surface area contributed by atoms with E-state index in [1.54, 1.807) is 11.8 Å². The van der Waals surface area contributed by atoms with Crippen LogP contribution in [0.2, 0.25) is 0 Å². The summed E-state index contributed by atoms with van der Waals surface area (Å²) in [6, 6.07) is 17.5. The van der Waals surface area contributed by atoms with Gasteiger partial charge in [-0.2, -0.15) is 0 Å². The highest BCUT2D eigenvalue weighted by Gasteiger charge is 2.22. The second-order valence-corrected chi connectivity index (χ2v) is 5.87. The fraction of sp³-hybridized carbons (Fsp3) is 0.235. The minimum Gasteiger partial charge on any atom is -0.480 e. The molecule has 0 heterocycles. The number of nitrogens with zero attached hydrogens (tertiary/aromatic N) is 1. The molecule has 0 radical (unpaired) electrons. The molecule has 110 valence electrons. The number of rotatable bonds is 6. The number of benzene rings is 2. The summed E-state index contributed by atoms with van der Waals surface area (Å²) in [6.45, 7) is 1.89. The standard InChI is InChI=1S/C17H19NO2S/c1-3-14(17(19)20)18(2)15-11-7-8-12-16(15)21-13-9-5-4-6-10-13/h4-12,14H,3H2,1-2H3,(H,19,20)/t14-/m0/s1. The van der Waals surface area contributed by atoms with Gasteiger partial charge in [0.1, 0.15) is 6.04 Å². The second kappa shape index (κ2) is 7.18. The van der Waals surface area contributed by atoms with Gasteiger partial charge < -0.3 is 10.0 Å². The van der Waals surface area contributed by atoms with Crippen molar-refractivity contribution in [1.29, 1.82) is 0 Å². The predicted octanol–water partition coefficient (Wildman–Crippen LogP) is 4.14. The van der Waals surface area contributed by atoms with Gasteiger partial charge in [-0.3, -0.25) is 0 Å². The van der Waals surface area contributed by atoms with Crippen molar-refractivity contribution < 1.29 is 9.90 Å². The molecule has 2 aromatic carbocycles. The number of carboxylic acid groups (broad SMARTS) is 1. The molecule has 0 aliphatic heterocycles. The molecule has 0 unspecified atom stereocenters. The molecule has 0 aliphatic carbocycles. The van der Waals surface area contributed by atoms with Crippen LogP contribution in [0.1, 0.15) is 13.3 Å². The van der Waals surface area contributed by atoms with E-state index in [2.05, 4.69) is 12.1 Å². The number of aliphatic carboxylic acids is 1. The molecule has 1 atom stereocenters. The molecule has 1 N–H and O–H groups in total. The molecule has 2 rings (SSSR count). The lowest BCUT2D eigenvalue weighted by Gasteiger charge is -2.27. The van der Waals surface area contributed by atoms with Crippen molar-refractivity contribution in [3.05, 3.63) is 54.6 Å². The molecule has 0 fully saturated rings. The maximum Gasteiger partial charge on any atom is 0.326 e. The third-order valence-corrected chi connectivity index (χ3v) is 4.43. The topological polar surface area (TPSA) is 40.5 Å². The quantitative estimate of drug-likeness (QED) is 0.870. The van der Waals surface area contributed by atoms with Crippen LogP contribution in [0.5, 0.6) is 0 Å². The van der Waals surface area contributed by atoms with Gasteiger partial charge in [-0.05, 0) is 30.7 Å². The largest absolute Gasteiger partial charge is 0.480 e. The smallest absolute Gasteiger partial charge is 0.326 e. The van der Waals surface area contributed by atoms with Crippen molar-refractivity contribution in [2.75, 3.05) is 11.9 Å². The highest BCUT2D eigenvalue weighted by Crippen LogP contribution is 2.35. The first-order valence-electron chi connectivity index (χ1n) is 6.91. The summed E-state index contributed by atoms with van der Waals surface area (Å²) in [7, 11) is 1.84. The van der Waals surface area contributed by atoms with Gasteiger partial charge in [0.15, 0.2) is 0 Å². The molecule has 0 aromatic heterocycles. The first-order chi connectivity index (χ1) is 10.1. The Hall–Kier alpha value is -1.94. The first-order valence-corrected chi connectivity index (χ1v) is 7.72. The minimum absolute atomic E-state index is 0.512. The maximum atomic E-state index is 11.4. The van der Waals surface area contributed by atoms with Gasteiger partial charge in [0, 0.05) is 16.8 Å². The molecular formula is C17H19NO2S. The fourth-order valence-corrected chi connectivity index (χ4v) is 3.24. The molecule has 4 heteroatoms. The SMILES string of the molecule is CC[C@@H](C(=O)O)N(C)c1ccccc1Sc1ccccc1. The normalized spacial score (nSPS) is 11.9. The van der Waals surface area contributed by atoms with Crippen LogP contribution in [0.3, 0.4) is 0 Å². The molecule has 0 aliphatic rings. The van der Waals surface area contributed by atoms with E-state index in [-0.39, 0.29) is 0 Å². The van der Waals surface area contributed by atoms with Gasteiger partial charge in [-0.1, -0.05) is 49.0 Å². The molecule has 2 aromatic rings. The zero-order valence-electron chi connectivity index (χ0n) is 12.2. The predicted molar refractivity (Wildman–Crippen MR) is 87.1 cm³/mol. The van der Waals surface area contributed by atoms with Gasteiger partial charge >= 0.3 is 5.97 Å². The van der Waals surface area contributed by atoms with E-state index in [1.165, 1.54) is 0 Å². The Bertz CT molecular complexity index is 601. The van der Waals surface area contributed by atoms with Crippen molar-refractivity contribution in [3.8, 4) is 0 Å². The summed E-state index contributed by atoms with van der Waals surface area (Å²) in [6.07, 6.45) is 0.566. The Labute approximate surface area is 129 Å². The van der Waals surface area contributed by atoms with Crippen molar-refractivity contribution in [1.82, 2.24) is 0 Å². The van der Waals surface area contributed by atoms with Crippen molar-refractivity contribution >= 4 is 23.4 Å². The van der Waals surface area contributed by atoms with Crippen molar-refractivity contribution in [2.24, 2.45) is 0 Å². The molecule has 0 bridgehead atoms. The molecule has 3 nitrogen and oxygen atoms in total. The average molecular weight is 301 g/mol. The molecular weight excluding hydrogens is 282 g/mol. The Kier molecular flexibility index (Phi) is 5.28. The fourth-order valence-electron chi connectivity index (χ4n) is 2.23. The Morgan fingerprint density at radius 1 is 1.14 bits per heavy atom. The van der Waals surface area contributed by atoms with Gasteiger partial charge in [-0.25, -0.2) is 4.79 Å². The zero-order chi connectivity index (χ0) is 15.2. The summed E-state index contributed by atoms with van der Waals surface area (Å²) in [5, 5.41) is 9.34. The lowest BCUT2D eigenvalue weighted by atomic mass is 10.2. The summed E-state index contributed by atoms with van der Waals surface area (Å²) in [5.74, 6) is -0.792. The molecule has 0 saturated carbocycles. The monoisotopic (exact) mass is 301 g/mol. The number of likely N-dealkylation sites (N-methyl/N-ethyl adjacent to an activating group) is 1. The molecule has 0 saturated heterocycles. The van der Waals surface area contributed by atoms with Crippen molar-refractivity contribution in [3.63, 3.8) is 0 Å². The third kappa shape index (κ3) is 3.79. The van der Waals surface area contributed by atoms with Crippen LogP contribution in [0.15, 0.2) is 64.4 Å². The lowest BCUT2D eigenvalue weighted by Crippen LogP contribution is -2.38. The summed E-state index contributed by atoms with van der Waals surface area (Å²) >= 11 is 1.65. The van der Waals surface area contributed by atoms with Crippen LogP contribution in [0, 0.1) is 0 Å². The third-order valence-electron chi connectivity index (χ3n) is 3.36. The van der Waals surface area contributed by atoms with E-state index in [0.717, 1.165) is 15.5 Å². The molecule has 21 heavy (non-hydrogen) atoms. The number of hydrogen-bond acceptors (Lipinski definition) is 3. The summed E-state index contributed by atoms with van der Waals surface area (Å²) in [5.41, 5.74) is 0.945. The molecule has 0 amide bonds. The van der Waals surface area contributed by atoms with E-state index in [0.29, 0.717) is 6.42 Å². The highest BCUT2D eigenvalue weighted by molar-refractivity contribution is 7.99. The minimum atomic E-state index is -0.792. The summed E-state index contributed by atoms with van der Waals surface area (Å²) < 4.78 is 0. The van der Waals surface area contributed by atoms with Gasteiger partial charge in [0.05, 0.1) is 5.69 Å². The number of carbonyl (C=O) groups is 1. The van der Waals surface area contributed by atoms with Crippen LogP contribution in [-0.4, -0.2) is 24.2 Å². The Morgan fingerprint density at radius 3 is 2.38 bits per heavy atom. The maximum absolute atomic E-state index is 11.4. The van der Waals surface area contributed by atoms with E-state index in [9.17, 15) is 9.90 Å². The number of anilines is 1. The Morgan fingerprint density at radius 2 is 1.76 bits per heavy atom. The number of para-hydroxylation sites is 1. The van der Waals surface area contributed by atoms with Crippen LogP contribution >= 0.6 is 11.8 Å². The lowest BCUT2D eigenvalue weighted by molar-refractivity contribution is -0.138. The van der Waals surface area contributed by atoms with Gasteiger partial charge in [0.25, 0.3) is 0 Å².